The molecule has 0 bridgehead atoms. The molecule has 5 nitrogen and oxygen atoms in total. The van der Waals surface area contributed by atoms with Crippen LogP contribution >= 0.6 is 0 Å². The SMILES string of the molecule is COC(=O)c1c(OC(F)(F)F)ncc(C(F)(F)F)c1CN. The Balaban J connectivity index is 3.58. The molecule has 0 aromatic carbocycles. The van der Waals surface area contributed by atoms with E-state index in [1.165, 1.54) is 0 Å². The first-order valence-corrected chi connectivity index (χ1v) is 5.14. The first-order chi connectivity index (χ1) is 9.51. The first kappa shape index (κ1) is 17.0. The fourth-order valence-corrected chi connectivity index (χ4v) is 1.49. The number of hydrogen-bond acceptors (Lipinski definition) is 5. The normalized spacial score (nSPS) is 12.2. The standard InChI is InChI=1S/C10H8F6N2O3/c1-20-8(19)6-4(2-17)5(9(11,12)13)3-18-7(6)21-10(14,15)16/h3H,2,17H2,1H3. The van der Waals surface area contributed by atoms with E-state index in [0.29, 0.717) is 0 Å². The van der Waals surface area contributed by atoms with E-state index < -0.39 is 47.6 Å². The molecule has 118 valence electrons. The molecule has 11 heteroatoms. The Hall–Kier alpha value is -2.04. The quantitative estimate of drug-likeness (QED) is 0.683. The lowest BCUT2D eigenvalue weighted by molar-refractivity contribution is -0.276. The molecule has 0 saturated carbocycles. The van der Waals surface area contributed by atoms with Crippen molar-refractivity contribution in [1.82, 2.24) is 4.98 Å². The Morgan fingerprint density at radius 3 is 2.24 bits per heavy atom. The Labute approximate surface area is 113 Å². The van der Waals surface area contributed by atoms with E-state index in [0.717, 1.165) is 7.11 Å². The van der Waals surface area contributed by atoms with Gasteiger partial charge in [-0.3, -0.25) is 0 Å². The lowest BCUT2D eigenvalue weighted by Gasteiger charge is -2.17. The Bertz CT molecular complexity index is 541. The van der Waals surface area contributed by atoms with Crippen molar-refractivity contribution in [3.05, 3.63) is 22.9 Å². The number of hydrogen-bond donors (Lipinski definition) is 1. The van der Waals surface area contributed by atoms with Gasteiger partial charge in [-0.25, -0.2) is 9.78 Å². The molecule has 1 rings (SSSR count). The van der Waals surface area contributed by atoms with Crippen molar-refractivity contribution >= 4 is 5.97 Å². The van der Waals surface area contributed by atoms with Gasteiger partial charge in [0.15, 0.2) is 0 Å². The molecule has 0 radical (unpaired) electrons. The summed E-state index contributed by atoms with van der Waals surface area (Å²) in [5.41, 5.74) is 1.64. The van der Waals surface area contributed by atoms with Crippen LogP contribution in [0.25, 0.3) is 0 Å². The van der Waals surface area contributed by atoms with Crippen molar-refractivity contribution < 1.29 is 40.6 Å². The molecule has 1 heterocycles. The van der Waals surface area contributed by atoms with Crippen LogP contribution in [0.3, 0.4) is 0 Å². The Morgan fingerprint density at radius 1 is 1.29 bits per heavy atom. The number of methoxy groups -OCH3 is 1. The van der Waals surface area contributed by atoms with Crippen LogP contribution in [-0.2, 0) is 17.5 Å². The number of aromatic nitrogens is 1. The van der Waals surface area contributed by atoms with E-state index in [9.17, 15) is 31.1 Å². The van der Waals surface area contributed by atoms with Crippen LogP contribution in [0.15, 0.2) is 6.20 Å². The van der Waals surface area contributed by atoms with Crippen LogP contribution in [0.4, 0.5) is 26.3 Å². The lowest BCUT2D eigenvalue weighted by atomic mass is 10.0. The van der Waals surface area contributed by atoms with Gasteiger partial charge >= 0.3 is 18.5 Å². The molecular weight excluding hydrogens is 310 g/mol. The molecule has 0 amide bonds. The smallest absolute Gasteiger partial charge is 0.465 e. The maximum atomic E-state index is 12.7. The summed E-state index contributed by atoms with van der Waals surface area (Å²) in [5, 5.41) is 0. The molecule has 0 unspecified atom stereocenters. The second kappa shape index (κ2) is 5.76. The number of rotatable bonds is 3. The molecule has 0 aliphatic rings. The Morgan fingerprint density at radius 2 is 1.86 bits per heavy atom. The minimum Gasteiger partial charge on any atom is -0.465 e. The summed E-state index contributed by atoms with van der Waals surface area (Å²) in [7, 11) is 0.778. The van der Waals surface area contributed by atoms with Gasteiger partial charge in [0, 0.05) is 12.7 Å². The largest absolute Gasteiger partial charge is 0.574 e. The highest BCUT2D eigenvalue weighted by atomic mass is 19.4. The van der Waals surface area contributed by atoms with Gasteiger partial charge in [0.1, 0.15) is 5.56 Å². The van der Waals surface area contributed by atoms with E-state index >= 15 is 0 Å². The van der Waals surface area contributed by atoms with E-state index in [-0.39, 0.29) is 6.20 Å². The summed E-state index contributed by atoms with van der Waals surface area (Å²) in [6, 6.07) is 0. The summed E-state index contributed by atoms with van der Waals surface area (Å²) in [4.78, 5) is 14.3. The van der Waals surface area contributed by atoms with Crippen molar-refractivity contribution in [2.45, 2.75) is 19.1 Å². The third kappa shape index (κ3) is 3.97. The zero-order valence-corrected chi connectivity index (χ0v) is 10.3. The molecule has 0 atom stereocenters. The molecule has 0 spiro atoms. The highest BCUT2D eigenvalue weighted by Gasteiger charge is 2.40. The molecule has 0 fully saturated rings. The monoisotopic (exact) mass is 318 g/mol. The van der Waals surface area contributed by atoms with Crippen molar-refractivity contribution in [3.63, 3.8) is 0 Å². The van der Waals surface area contributed by atoms with Crippen LogP contribution in [0.5, 0.6) is 5.88 Å². The number of halogens is 6. The van der Waals surface area contributed by atoms with Crippen molar-refractivity contribution in [2.24, 2.45) is 5.73 Å². The zero-order valence-electron chi connectivity index (χ0n) is 10.3. The van der Waals surface area contributed by atoms with Gasteiger partial charge in [-0.05, 0) is 5.56 Å². The fraction of sp³-hybridized carbons (Fsp3) is 0.400. The summed E-state index contributed by atoms with van der Waals surface area (Å²) in [6.45, 7) is -0.865. The number of pyridine rings is 1. The van der Waals surface area contributed by atoms with Gasteiger partial charge in [0.05, 0.1) is 12.7 Å². The number of ether oxygens (including phenoxy) is 2. The van der Waals surface area contributed by atoms with Gasteiger partial charge in [-0.1, -0.05) is 0 Å². The minimum atomic E-state index is -5.25. The highest BCUT2D eigenvalue weighted by molar-refractivity contribution is 5.94. The number of carbonyl (C=O) groups is 1. The van der Waals surface area contributed by atoms with E-state index in [1.54, 1.807) is 0 Å². The fourth-order valence-electron chi connectivity index (χ4n) is 1.49. The van der Waals surface area contributed by atoms with Crippen LogP contribution in [0.1, 0.15) is 21.5 Å². The molecule has 21 heavy (non-hydrogen) atoms. The second-order valence-electron chi connectivity index (χ2n) is 3.57. The third-order valence-corrected chi connectivity index (χ3v) is 2.26. The highest BCUT2D eigenvalue weighted by Crippen LogP contribution is 2.36. The average molecular weight is 318 g/mol. The van der Waals surface area contributed by atoms with Crippen molar-refractivity contribution in [2.75, 3.05) is 7.11 Å². The summed E-state index contributed by atoms with van der Waals surface area (Å²) in [6.07, 6.45) is -10.1. The molecule has 0 aliphatic carbocycles. The number of carbonyl (C=O) groups excluding carboxylic acids is 1. The molecule has 0 saturated heterocycles. The predicted octanol–water partition coefficient (Wildman–Crippen LogP) is 2.24. The second-order valence-corrected chi connectivity index (χ2v) is 3.57. The average Bonchev–Trinajstić information content (AvgIpc) is 2.33. The van der Waals surface area contributed by atoms with Gasteiger partial charge in [-0.2, -0.15) is 13.2 Å². The van der Waals surface area contributed by atoms with Crippen molar-refractivity contribution in [1.29, 1.82) is 0 Å². The van der Waals surface area contributed by atoms with Crippen LogP contribution in [-0.4, -0.2) is 24.4 Å². The van der Waals surface area contributed by atoms with Gasteiger partial charge in [0.25, 0.3) is 0 Å². The first-order valence-electron chi connectivity index (χ1n) is 5.14. The van der Waals surface area contributed by atoms with E-state index in [4.69, 9.17) is 5.73 Å². The molecule has 2 N–H and O–H groups in total. The summed E-state index contributed by atoms with van der Waals surface area (Å²) >= 11 is 0. The summed E-state index contributed by atoms with van der Waals surface area (Å²) in [5.74, 6) is -2.84. The topological polar surface area (TPSA) is 74.4 Å². The molecule has 1 aromatic heterocycles. The predicted molar refractivity (Wildman–Crippen MR) is 55.2 cm³/mol. The zero-order chi connectivity index (χ0) is 16.4. The van der Waals surface area contributed by atoms with Crippen molar-refractivity contribution in [3.8, 4) is 5.88 Å². The van der Waals surface area contributed by atoms with Crippen LogP contribution in [0, 0.1) is 0 Å². The number of nitrogens with zero attached hydrogens (tertiary/aromatic N) is 1. The van der Waals surface area contributed by atoms with Crippen LogP contribution in [0.2, 0.25) is 0 Å². The number of alkyl halides is 6. The number of nitrogens with two attached hydrogens (primary N) is 1. The molecular formula is C10H8F6N2O3. The third-order valence-electron chi connectivity index (χ3n) is 2.26. The number of esters is 1. The summed E-state index contributed by atoms with van der Waals surface area (Å²) < 4.78 is 82.4. The van der Waals surface area contributed by atoms with E-state index in [2.05, 4.69) is 14.5 Å². The molecule has 0 aliphatic heterocycles. The van der Waals surface area contributed by atoms with Gasteiger partial charge in [0.2, 0.25) is 5.88 Å². The molecule has 1 aromatic rings. The van der Waals surface area contributed by atoms with Gasteiger partial charge < -0.3 is 15.2 Å². The Kier molecular flexibility index (Phi) is 4.66. The minimum absolute atomic E-state index is 0.107. The maximum absolute atomic E-state index is 12.7. The van der Waals surface area contributed by atoms with Crippen LogP contribution < -0.4 is 10.5 Å². The maximum Gasteiger partial charge on any atom is 0.574 e. The van der Waals surface area contributed by atoms with Gasteiger partial charge in [-0.15, -0.1) is 13.2 Å². The van der Waals surface area contributed by atoms with E-state index in [1.807, 2.05) is 0 Å². The lowest BCUT2D eigenvalue weighted by Crippen LogP contribution is -2.24.